The van der Waals surface area contributed by atoms with E-state index in [1.165, 1.54) is 12.1 Å². The van der Waals surface area contributed by atoms with Crippen LogP contribution in [0.1, 0.15) is 16.1 Å². The second-order valence-electron chi connectivity index (χ2n) is 3.94. The Balaban J connectivity index is 2.13. The molecule has 1 amide bonds. The minimum absolute atomic E-state index is 0.0389. The van der Waals surface area contributed by atoms with Crippen molar-refractivity contribution < 1.29 is 19.4 Å². The van der Waals surface area contributed by atoms with Gasteiger partial charge in [-0.05, 0) is 23.8 Å². The molecule has 0 saturated carbocycles. The van der Waals surface area contributed by atoms with Gasteiger partial charge >= 0.3 is 5.97 Å². The molecule has 7 nitrogen and oxygen atoms in total. The highest BCUT2D eigenvalue weighted by molar-refractivity contribution is 5.90. The highest BCUT2D eigenvalue weighted by atomic mass is 16.5. The molecule has 0 aliphatic heterocycles. The Morgan fingerprint density at radius 2 is 2.00 bits per heavy atom. The van der Waals surface area contributed by atoms with E-state index in [4.69, 9.17) is 15.6 Å². The summed E-state index contributed by atoms with van der Waals surface area (Å²) in [6, 6.07) is 9.47. The molecule has 2 rings (SSSR count). The monoisotopic (exact) mass is 273 g/mol. The summed E-state index contributed by atoms with van der Waals surface area (Å²) in [5.41, 5.74) is 5.69. The van der Waals surface area contributed by atoms with E-state index in [1.54, 1.807) is 24.3 Å². The Morgan fingerprint density at radius 1 is 1.20 bits per heavy atom. The molecule has 1 heterocycles. The molecule has 7 heteroatoms. The molecule has 3 N–H and O–H groups in total. The fourth-order valence-electron chi connectivity index (χ4n) is 1.52. The molecular formula is C13H11N3O4. The molecule has 0 aliphatic rings. The number of carboxylic acids is 1. The molecule has 0 saturated heterocycles. The third-order valence-corrected chi connectivity index (χ3v) is 2.37. The van der Waals surface area contributed by atoms with Crippen LogP contribution >= 0.6 is 0 Å². The lowest BCUT2D eigenvalue weighted by molar-refractivity contribution is -0.136. The number of carbonyl (C=O) groups excluding carboxylic acids is 1. The number of primary amides is 1. The van der Waals surface area contributed by atoms with Crippen LogP contribution in [0.2, 0.25) is 0 Å². The third kappa shape index (κ3) is 3.52. The summed E-state index contributed by atoms with van der Waals surface area (Å²) in [6.45, 7) is 0. The van der Waals surface area contributed by atoms with Crippen LogP contribution in [0.5, 0.6) is 11.6 Å². The van der Waals surface area contributed by atoms with Crippen LogP contribution in [0.25, 0.3) is 0 Å². The van der Waals surface area contributed by atoms with E-state index >= 15 is 0 Å². The van der Waals surface area contributed by atoms with E-state index in [0.29, 0.717) is 11.3 Å². The lowest BCUT2D eigenvalue weighted by Gasteiger charge is -2.05. The molecule has 20 heavy (non-hydrogen) atoms. The zero-order chi connectivity index (χ0) is 14.5. The largest absolute Gasteiger partial charge is 0.481 e. The normalized spacial score (nSPS) is 10.0. The first-order chi connectivity index (χ1) is 9.54. The van der Waals surface area contributed by atoms with E-state index in [-0.39, 0.29) is 18.0 Å². The summed E-state index contributed by atoms with van der Waals surface area (Å²) in [6.07, 6.45) is -0.0938. The predicted molar refractivity (Wildman–Crippen MR) is 68.4 cm³/mol. The van der Waals surface area contributed by atoms with Crippen LogP contribution in [-0.4, -0.2) is 27.2 Å². The number of aliphatic carboxylic acids is 1. The zero-order valence-corrected chi connectivity index (χ0v) is 10.3. The highest BCUT2D eigenvalue weighted by Crippen LogP contribution is 2.20. The van der Waals surface area contributed by atoms with E-state index in [1.807, 2.05) is 0 Å². The molecule has 0 atom stereocenters. The number of nitrogens with zero attached hydrogens (tertiary/aromatic N) is 2. The molecule has 1 aromatic carbocycles. The number of hydrogen-bond donors (Lipinski definition) is 2. The van der Waals surface area contributed by atoms with Gasteiger partial charge in [-0.25, -0.2) is 0 Å². The molecular weight excluding hydrogens is 262 g/mol. The quantitative estimate of drug-likeness (QED) is 0.839. The Hall–Kier alpha value is -2.96. The summed E-state index contributed by atoms with van der Waals surface area (Å²) in [4.78, 5) is 21.5. The number of carbonyl (C=O) groups is 2. The number of nitrogens with two attached hydrogens (primary N) is 1. The van der Waals surface area contributed by atoms with Crippen molar-refractivity contribution in [2.75, 3.05) is 0 Å². The summed E-state index contributed by atoms with van der Waals surface area (Å²) in [5, 5.41) is 16.0. The van der Waals surface area contributed by atoms with Gasteiger partial charge in [0.15, 0.2) is 5.69 Å². The SMILES string of the molecule is NC(=O)c1ccc(Oc2cccc(CC(=O)O)c2)nn1. The molecule has 0 bridgehead atoms. The van der Waals surface area contributed by atoms with E-state index < -0.39 is 11.9 Å². The second-order valence-corrected chi connectivity index (χ2v) is 3.94. The zero-order valence-electron chi connectivity index (χ0n) is 10.3. The molecule has 102 valence electrons. The van der Waals surface area contributed by atoms with Gasteiger partial charge in [-0.15, -0.1) is 10.2 Å². The minimum atomic E-state index is -0.923. The average molecular weight is 273 g/mol. The average Bonchev–Trinajstić information content (AvgIpc) is 2.39. The van der Waals surface area contributed by atoms with Crippen LogP contribution in [0.3, 0.4) is 0 Å². The van der Waals surface area contributed by atoms with Gasteiger partial charge in [0.25, 0.3) is 5.91 Å². The molecule has 0 aliphatic carbocycles. The number of aromatic nitrogens is 2. The number of carboxylic acid groups (broad SMARTS) is 1. The maximum Gasteiger partial charge on any atom is 0.307 e. The fourth-order valence-corrected chi connectivity index (χ4v) is 1.52. The van der Waals surface area contributed by atoms with E-state index in [0.717, 1.165) is 0 Å². The Kier molecular flexibility index (Phi) is 3.90. The Labute approximate surface area is 114 Å². The van der Waals surface area contributed by atoms with Crippen molar-refractivity contribution in [1.29, 1.82) is 0 Å². The van der Waals surface area contributed by atoms with Gasteiger partial charge < -0.3 is 15.6 Å². The van der Waals surface area contributed by atoms with Crippen LogP contribution < -0.4 is 10.5 Å². The van der Waals surface area contributed by atoms with Gasteiger partial charge in [-0.3, -0.25) is 9.59 Å². The van der Waals surface area contributed by atoms with Gasteiger partial charge in [0, 0.05) is 6.07 Å². The molecule has 0 unspecified atom stereocenters. The Morgan fingerprint density at radius 3 is 2.60 bits per heavy atom. The van der Waals surface area contributed by atoms with Gasteiger partial charge in [-0.1, -0.05) is 12.1 Å². The Bertz CT molecular complexity index is 640. The topological polar surface area (TPSA) is 115 Å². The number of hydrogen-bond acceptors (Lipinski definition) is 5. The van der Waals surface area contributed by atoms with Crippen molar-refractivity contribution in [2.45, 2.75) is 6.42 Å². The van der Waals surface area contributed by atoms with Crippen molar-refractivity contribution in [1.82, 2.24) is 10.2 Å². The third-order valence-electron chi connectivity index (χ3n) is 2.37. The molecule has 2 aromatic rings. The maximum atomic E-state index is 10.8. The maximum absolute atomic E-state index is 10.8. The first kappa shape index (κ1) is 13.5. The first-order valence-electron chi connectivity index (χ1n) is 5.67. The number of benzene rings is 1. The number of rotatable bonds is 5. The van der Waals surface area contributed by atoms with E-state index in [9.17, 15) is 9.59 Å². The lowest BCUT2D eigenvalue weighted by Crippen LogP contribution is -2.13. The number of ether oxygens (including phenoxy) is 1. The van der Waals surface area contributed by atoms with Gasteiger partial charge in [-0.2, -0.15) is 0 Å². The smallest absolute Gasteiger partial charge is 0.307 e. The van der Waals surface area contributed by atoms with Crippen molar-refractivity contribution in [3.63, 3.8) is 0 Å². The lowest BCUT2D eigenvalue weighted by atomic mass is 10.1. The van der Waals surface area contributed by atoms with Crippen LogP contribution in [0, 0.1) is 0 Å². The summed E-state index contributed by atoms with van der Waals surface area (Å²) < 4.78 is 5.42. The van der Waals surface area contributed by atoms with Crippen molar-refractivity contribution in [3.8, 4) is 11.6 Å². The highest BCUT2D eigenvalue weighted by Gasteiger charge is 2.06. The van der Waals surface area contributed by atoms with Gasteiger partial charge in [0.1, 0.15) is 5.75 Å². The van der Waals surface area contributed by atoms with Crippen LogP contribution in [-0.2, 0) is 11.2 Å². The van der Waals surface area contributed by atoms with Crippen LogP contribution in [0.4, 0.5) is 0 Å². The summed E-state index contributed by atoms with van der Waals surface area (Å²) in [5.74, 6) is -0.979. The minimum Gasteiger partial charge on any atom is -0.481 e. The van der Waals surface area contributed by atoms with Crippen LogP contribution in [0.15, 0.2) is 36.4 Å². The second kappa shape index (κ2) is 5.79. The molecule has 0 radical (unpaired) electrons. The van der Waals surface area contributed by atoms with Crippen molar-refractivity contribution in [3.05, 3.63) is 47.7 Å². The van der Waals surface area contributed by atoms with Crippen molar-refractivity contribution in [2.24, 2.45) is 5.73 Å². The summed E-state index contributed by atoms with van der Waals surface area (Å²) >= 11 is 0. The van der Waals surface area contributed by atoms with Gasteiger partial charge in [0.2, 0.25) is 5.88 Å². The standard InChI is InChI=1S/C13H11N3O4/c14-13(19)10-4-5-11(16-15-10)20-9-3-1-2-8(6-9)7-12(17)18/h1-6H,7H2,(H2,14,19)(H,17,18). The summed E-state index contributed by atoms with van der Waals surface area (Å²) in [7, 11) is 0. The molecule has 1 aromatic heterocycles. The molecule has 0 fully saturated rings. The van der Waals surface area contributed by atoms with Gasteiger partial charge in [0.05, 0.1) is 6.42 Å². The van der Waals surface area contributed by atoms with E-state index in [2.05, 4.69) is 10.2 Å². The first-order valence-corrected chi connectivity index (χ1v) is 5.67. The molecule has 0 spiro atoms. The predicted octanol–water partition coefficient (Wildman–Crippen LogP) is 0.995. The fraction of sp³-hybridized carbons (Fsp3) is 0.0769. The van der Waals surface area contributed by atoms with Crippen molar-refractivity contribution >= 4 is 11.9 Å². The number of amides is 1.